The highest BCUT2D eigenvalue weighted by Gasteiger charge is 2.32. The predicted octanol–water partition coefficient (Wildman–Crippen LogP) is 5.64. The SMILES string of the molecule is O=C(CN1C(=O)CC(c2ccc3c(c2)OCO3)Sc2ccccc21)Nc1ccc(C(F)(F)F)cc1. The third-order valence-electron chi connectivity index (χ3n) is 5.65. The molecule has 0 bridgehead atoms. The molecule has 2 heterocycles. The topological polar surface area (TPSA) is 67.9 Å². The molecular formula is C25H19F3N2O4S. The summed E-state index contributed by atoms with van der Waals surface area (Å²) in [5, 5.41) is 2.37. The van der Waals surface area contributed by atoms with E-state index in [0.29, 0.717) is 17.2 Å². The molecule has 0 saturated carbocycles. The number of hydrogen-bond acceptors (Lipinski definition) is 5. The van der Waals surface area contributed by atoms with Crippen molar-refractivity contribution in [3.63, 3.8) is 0 Å². The summed E-state index contributed by atoms with van der Waals surface area (Å²) in [6.45, 7) is -0.120. The molecular weight excluding hydrogens is 481 g/mol. The number of carbonyl (C=O) groups excluding carboxylic acids is 2. The number of carbonyl (C=O) groups is 2. The Bertz CT molecular complexity index is 1280. The number of ether oxygens (including phenoxy) is 2. The minimum Gasteiger partial charge on any atom is -0.454 e. The van der Waals surface area contributed by atoms with Crippen molar-refractivity contribution < 1.29 is 32.2 Å². The molecule has 0 spiro atoms. The number of rotatable bonds is 4. The number of thioether (sulfide) groups is 1. The van der Waals surface area contributed by atoms with Gasteiger partial charge in [-0.25, -0.2) is 0 Å². The van der Waals surface area contributed by atoms with Crippen LogP contribution in [0.25, 0.3) is 0 Å². The Morgan fingerprint density at radius 3 is 2.54 bits per heavy atom. The van der Waals surface area contributed by atoms with Gasteiger partial charge in [0.1, 0.15) is 6.54 Å². The van der Waals surface area contributed by atoms with Crippen LogP contribution >= 0.6 is 11.8 Å². The van der Waals surface area contributed by atoms with Gasteiger partial charge in [-0.3, -0.25) is 9.59 Å². The fourth-order valence-corrected chi connectivity index (χ4v) is 5.21. The zero-order chi connectivity index (χ0) is 24.6. The van der Waals surface area contributed by atoms with Crippen molar-refractivity contribution >= 4 is 35.0 Å². The third kappa shape index (κ3) is 4.93. The van der Waals surface area contributed by atoms with E-state index in [0.717, 1.165) is 22.6 Å². The molecule has 35 heavy (non-hydrogen) atoms. The first-order valence-electron chi connectivity index (χ1n) is 10.7. The maximum atomic E-state index is 13.3. The number of fused-ring (bicyclic) bond motifs is 2. The third-order valence-corrected chi connectivity index (χ3v) is 6.97. The van der Waals surface area contributed by atoms with Gasteiger partial charge in [-0.1, -0.05) is 18.2 Å². The van der Waals surface area contributed by atoms with Gasteiger partial charge in [-0.15, -0.1) is 11.8 Å². The maximum absolute atomic E-state index is 13.3. The second kappa shape index (κ2) is 9.18. The summed E-state index contributed by atoms with van der Waals surface area (Å²) in [6.07, 6.45) is -4.32. The molecule has 0 aliphatic carbocycles. The first-order valence-corrected chi connectivity index (χ1v) is 11.6. The van der Waals surface area contributed by atoms with Gasteiger partial charge < -0.3 is 19.7 Å². The highest BCUT2D eigenvalue weighted by Crippen LogP contribution is 2.47. The molecule has 2 aliphatic rings. The van der Waals surface area contributed by atoms with E-state index in [1.54, 1.807) is 12.1 Å². The van der Waals surface area contributed by atoms with Crippen LogP contribution in [0.4, 0.5) is 24.5 Å². The first-order chi connectivity index (χ1) is 16.8. The monoisotopic (exact) mass is 500 g/mol. The van der Waals surface area contributed by atoms with Crippen molar-refractivity contribution in [1.29, 1.82) is 0 Å². The van der Waals surface area contributed by atoms with Crippen LogP contribution in [0, 0.1) is 0 Å². The normalized spacial score (nSPS) is 17.1. The van der Waals surface area contributed by atoms with Gasteiger partial charge in [0.15, 0.2) is 11.5 Å². The van der Waals surface area contributed by atoms with Crippen LogP contribution in [0.3, 0.4) is 0 Å². The second-order valence-corrected chi connectivity index (χ2v) is 9.24. The molecule has 2 aliphatic heterocycles. The zero-order valence-electron chi connectivity index (χ0n) is 18.2. The van der Waals surface area contributed by atoms with Gasteiger partial charge in [0.2, 0.25) is 18.6 Å². The first kappa shape index (κ1) is 23.1. The molecule has 0 aromatic heterocycles. The number of para-hydroxylation sites is 1. The van der Waals surface area contributed by atoms with Crippen LogP contribution in [0.2, 0.25) is 0 Å². The summed E-state index contributed by atoms with van der Waals surface area (Å²) < 4.78 is 49.2. The molecule has 10 heteroatoms. The molecule has 0 fully saturated rings. The van der Waals surface area contributed by atoms with E-state index in [9.17, 15) is 22.8 Å². The number of anilines is 2. The van der Waals surface area contributed by atoms with Gasteiger partial charge in [0, 0.05) is 22.3 Å². The molecule has 6 nitrogen and oxygen atoms in total. The van der Waals surface area contributed by atoms with Gasteiger partial charge in [-0.05, 0) is 54.1 Å². The lowest BCUT2D eigenvalue weighted by atomic mass is 10.1. The molecule has 180 valence electrons. The van der Waals surface area contributed by atoms with Crippen LogP contribution in [0.15, 0.2) is 71.6 Å². The molecule has 5 rings (SSSR count). The molecule has 0 radical (unpaired) electrons. The van der Waals surface area contributed by atoms with Crippen molar-refractivity contribution in [2.45, 2.75) is 22.7 Å². The Labute approximate surface area is 203 Å². The average molecular weight is 500 g/mol. The van der Waals surface area contributed by atoms with Gasteiger partial charge >= 0.3 is 6.18 Å². The summed E-state index contributed by atoms with van der Waals surface area (Å²) in [6, 6.07) is 17.0. The minimum absolute atomic E-state index is 0.145. The summed E-state index contributed by atoms with van der Waals surface area (Å²) in [5.41, 5.74) is 0.914. The van der Waals surface area contributed by atoms with Gasteiger partial charge in [0.05, 0.1) is 11.3 Å². The quantitative estimate of drug-likeness (QED) is 0.502. The van der Waals surface area contributed by atoms with Gasteiger partial charge in [-0.2, -0.15) is 13.2 Å². The van der Waals surface area contributed by atoms with E-state index in [1.165, 1.54) is 28.8 Å². The number of alkyl halides is 3. The number of nitrogens with one attached hydrogen (secondary N) is 1. The van der Waals surface area contributed by atoms with Gasteiger partial charge in [0.25, 0.3) is 0 Å². The van der Waals surface area contributed by atoms with E-state index >= 15 is 0 Å². The van der Waals surface area contributed by atoms with Crippen LogP contribution < -0.4 is 19.7 Å². The lowest BCUT2D eigenvalue weighted by Gasteiger charge is -2.22. The van der Waals surface area contributed by atoms with Crippen LogP contribution in [0.5, 0.6) is 11.5 Å². The summed E-state index contributed by atoms with van der Waals surface area (Å²) in [4.78, 5) is 28.3. The number of amides is 2. The second-order valence-electron chi connectivity index (χ2n) is 7.99. The number of benzene rings is 3. The molecule has 1 unspecified atom stereocenters. The minimum atomic E-state index is -4.46. The predicted molar refractivity (Wildman–Crippen MR) is 125 cm³/mol. The summed E-state index contributed by atoms with van der Waals surface area (Å²) in [5.74, 6) is 0.522. The standard InChI is InChI=1S/C25H19F3N2O4S/c26-25(27,28)16-6-8-17(9-7-16)29-23(31)13-30-18-3-1-2-4-21(18)35-22(12-24(30)32)15-5-10-19-20(11-15)34-14-33-19/h1-11,22H,12-14H2,(H,29,31). The maximum Gasteiger partial charge on any atom is 0.416 e. The molecule has 0 saturated heterocycles. The molecule has 3 aromatic carbocycles. The number of nitrogens with zero attached hydrogens (tertiary/aromatic N) is 1. The van der Waals surface area contributed by atoms with Crippen molar-refractivity contribution in [2.24, 2.45) is 0 Å². The largest absolute Gasteiger partial charge is 0.454 e. The molecule has 1 N–H and O–H groups in total. The zero-order valence-corrected chi connectivity index (χ0v) is 19.0. The fraction of sp³-hybridized carbons (Fsp3) is 0.200. The lowest BCUT2D eigenvalue weighted by molar-refractivity contribution is -0.137. The van der Waals surface area contributed by atoms with Crippen molar-refractivity contribution in [2.75, 3.05) is 23.6 Å². The Morgan fingerprint density at radius 1 is 1.03 bits per heavy atom. The molecule has 2 amide bonds. The Morgan fingerprint density at radius 2 is 1.77 bits per heavy atom. The van der Waals surface area contributed by atoms with E-state index in [1.807, 2.05) is 30.3 Å². The smallest absolute Gasteiger partial charge is 0.416 e. The van der Waals surface area contributed by atoms with Crippen molar-refractivity contribution in [3.05, 3.63) is 77.9 Å². The van der Waals surface area contributed by atoms with E-state index in [4.69, 9.17) is 9.47 Å². The Hall–Kier alpha value is -3.66. The molecule has 1 atom stereocenters. The lowest BCUT2D eigenvalue weighted by Crippen LogP contribution is -2.38. The number of hydrogen-bond donors (Lipinski definition) is 1. The van der Waals surface area contributed by atoms with Crippen molar-refractivity contribution in [1.82, 2.24) is 0 Å². The van der Waals surface area contributed by atoms with E-state index in [2.05, 4.69) is 5.32 Å². The summed E-state index contributed by atoms with van der Waals surface area (Å²) in [7, 11) is 0. The summed E-state index contributed by atoms with van der Waals surface area (Å²) >= 11 is 1.52. The average Bonchev–Trinajstić information content (AvgIpc) is 3.25. The van der Waals surface area contributed by atoms with Crippen LogP contribution in [-0.2, 0) is 15.8 Å². The van der Waals surface area contributed by atoms with E-state index < -0.39 is 17.6 Å². The Balaban J connectivity index is 1.35. The highest BCUT2D eigenvalue weighted by molar-refractivity contribution is 7.99. The van der Waals surface area contributed by atoms with Crippen LogP contribution in [0.1, 0.15) is 22.8 Å². The van der Waals surface area contributed by atoms with Crippen LogP contribution in [-0.4, -0.2) is 25.2 Å². The highest BCUT2D eigenvalue weighted by atomic mass is 32.2. The van der Waals surface area contributed by atoms with E-state index in [-0.39, 0.29) is 36.6 Å². The fourth-order valence-electron chi connectivity index (χ4n) is 3.94. The number of halogens is 3. The van der Waals surface area contributed by atoms with Crippen molar-refractivity contribution in [3.8, 4) is 11.5 Å². The molecule has 3 aromatic rings. The Kier molecular flexibility index (Phi) is 6.06.